The Morgan fingerprint density at radius 3 is 2.74 bits per heavy atom. The van der Waals surface area contributed by atoms with E-state index in [4.69, 9.17) is 0 Å². The van der Waals surface area contributed by atoms with Gasteiger partial charge in [0.2, 0.25) is 0 Å². The van der Waals surface area contributed by atoms with Crippen molar-refractivity contribution in [2.24, 2.45) is 0 Å². The number of allylic oxidation sites excluding steroid dienone is 1. The second-order valence-electron chi connectivity index (χ2n) is 8.84. The SMILES string of the molecule is Cc1[nH]c2c(c1C(=O)NCCN1CCCCC1)CCC/C2=C1/C(=O)Nc2ccccc21. The average Bonchev–Trinajstić information content (AvgIpc) is 3.29. The number of rotatable bonds is 4. The second-order valence-corrected chi connectivity index (χ2v) is 8.84. The number of nitrogens with one attached hydrogen (secondary N) is 3. The van der Waals surface area contributed by atoms with Crippen LogP contribution in [0, 0.1) is 6.92 Å². The Bertz CT molecular complexity index is 1060. The maximum absolute atomic E-state index is 13.1. The number of aromatic amines is 1. The van der Waals surface area contributed by atoms with E-state index >= 15 is 0 Å². The first kappa shape index (κ1) is 20.1. The van der Waals surface area contributed by atoms with Gasteiger partial charge >= 0.3 is 0 Å². The zero-order chi connectivity index (χ0) is 21.4. The Morgan fingerprint density at radius 2 is 1.90 bits per heavy atom. The van der Waals surface area contributed by atoms with Crippen LogP contribution in [0.3, 0.4) is 0 Å². The normalized spacial score (nSPS) is 20.9. The van der Waals surface area contributed by atoms with Crippen LogP contribution < -0.4 is 10.6 Å². The third-order valence-electron chi connectivity index (χ3n) is 6.81. The molecule has 162 valence electrons. The number of nitrogens with zero attached hydrogens (tertiary/aromatic N) is 1. The number of para-hydroxylation sites is 1. The zero-order valence-electron chi connectivity index (χ0n) is 18.1. The van der Waals surface area contributed by atoms with Gasteiger partial charge in [0.25, 0.3) is 11.8 Å². The van der Waals surface area contributed by atoms with Crippen LogP contribution in [0.2, 0.25) is 0 Å². The van der Waals surface area contributed by atoms with E-state index in [1.54, 1.807) is 0 Å². The van der Waals surface area contributed by atoms with Crippen LogP contribution in [-0.4, -0.2) is 47.9 Å². The fraction of sp³-hybridized carbons (Fsp3) is 0.440. The summed E-state index contributed by atoms with van der Waals surface area (Å²) in [6.07, 6.45) is 6.46. The summed E-state index contributed by atoms with van der Waals surface area (Å²) >= 11 is 0. The van der Waals surface area contributed by atoms with Crippen LogP contribution in [0.25, 0.3) is 11.1 Å². The summed E-state index contributed by atoms with van der Waals surface area (Å²) in [5, 5.41) is 6.12. The van der Waals surface area contributed by atoms with Gasteiger partial charge in [0.15, 0.2) is 0 Å². The van der Waals surface area contributed by atoms with Crippen molar-refractivity contribution in [1.82, 2.24) is 15.2 Å². The molecule has 2 aliphatic heterocycles. The fourth-order valence-electron chi connectivity index (χ4n) is 5.32. The summed E-state index contributed by atoms with van der Waals surface area (Å²) < 4.78 is 0. The monoisotopic (exact) mass is 418 g/mol. The number of carbonyl (C=O) groups excluding carboxylic acids is 2. The fourth-order valence-corrected chi connectivity index (χ4v) is 5.32. The number of anilines is 1. The molecule has 6 nitrogen and oxygen atoms in total. The quantitative estimate of drug-likeness (QED) is 0.662. The molecule has 5 rings (SSSR count). The first-order valence-corrected chi connectivity index (χ1v) is 11.5. The third kappa shape index (κ3) is 3.69. The molecule has 2 amide bonds. The highest BCUT2D eigenvalue weighted by Crippen LogP contribution is 2.42. The number of benzene rings is 1. The minimum Gasteiger partial charge on any atom is -0.358 e. The van der Waals surface area contributed by atoms with Crippen molar-refractivity contribution in [2.45, 2.75) is 45.4 Å². The summed E-state index contributed by atoms with van der Waals surface area (Å²) in [6, 6.07) is 7.83. The van der Waals surface area contributed by atoms with Crippen molar-refractivity contribution in [1.29, 1.82) is 0 Å². The van der Waals surface area contributed by atoms with Crippen LogP contribution in [0.1, 0.15) is 65.0 Å². The predicted molar refractivity (Wildman–Crippen MR) is 123 cm³/mol. The highest BCUT2D eigenvalue weighted by atomic mass is 16.2. The standard InChI is InChI=1S/C25H30N4O2/c1-16-21(24(30)26-12-15-29-13-5-2-6-14-29)18-9-7-10-19(23(18)27-16)22-17-8-3-4-11-20(17)28-25(22)31/h3-4,8,11,27H,2,5-7,9-10,12-15H2,1H3,(H,26,30)(H,28,31)/b22-19-. The van der Waals surface area contributed by atoms with Gasteiger partial charge in [-0.05, 0) is 69.3 Å². The van der Waals surface area contributed by atoms with Crippen LogP contribution in [0.4, 0.5) is 5.69 Å². The molecule has 0 atom stereocenters. The lowest BCUT2D eigenvalue weighted by atomic mass is 9.86. The highest BCUT2D eigenvalue weighted by Gasteiger charge is 2.32. The number of aromatic nitrogens is 1. The van der Waals surface area contributed by atoms with Crippen molar-refractivity contribution < 1.29 is 9.59 Å². The van der Waals surface area contributed by atoms with E-state index in [0.29, 0.717) is 6.54 Å². The number of likely N-dealkylation sites (tertiary alicyclic amines) is 1. The third-order valence-corrected chi connectivity index (χ3v) is 6.81. The minimum absolute atomic E-state index is 0.00506. The van der Waals surface area contributed by atoms with E-state index in [9.17, 15) is 9.59 Å². The molecule has 1 aliphatic carbocycles. The molecule has 1 fully saturated rings. The number of fused-ring (bicyclic) bond motifs is 2. The Balaban J connectivity index is 1.41. The molecule has 0 radical (unpaired) electrons. The highest BCUT2D eigenvalue weighted by molar-refractivity contribution is 6.36. The number of aryl methyl sites for hydroxylation is 1. The van der Waals surface area contributed by atoms with Gasteiger partial charge in [-0.1, -0.05) is 24.6 Å². The van der Waals surface area contributed by atoms with Gasteiger partial charge in [-0.15, -0.1) is 0 Å². The molecular weight excluding hydrogens is 388 g/mol. The summed E-state index contributed by atoms with van der Waals surface area (Å²) in [4.78, 5) is 31.8. The van der Waals surface area contributed by atoms with Crippen molar-refractivity contribution in [3.05, 3.63) is 52.3 Å². The first-order chi connectivity index (χ1) is 15.1. The predicted octanol–water partition coefficient (Wildman–Crippen LogP) is 3.74. The van der Waals surface area contributed by atoms with Crippen molar-refractivity contribution >= 4 is 28.6 Å². The number of amides is 2. The Kier molecular flexibility index (Phi) is 5.40. The van der Waals surface area contributed by atoms with E-state index in [-0.39, 0.29) is 11.8 Å². The summed E-state index contributed by atoms with van der Waals surface area (Å²) in [5.41, 5.74) is 7.25. The van der Waals surface area contributed by atoms with Gasteiger partial charge in [-0.3, -0.25) is 9.59 Å². The topological polar surface area (TPSA) is 77.2 Å². The van der Waals surface area contributed by atoms with E-state index in [1.165, 1.54) is 19.3 Å². The molecule has 3 N–H and O–H groups in total. The summed E-state index contributed by atoms with van der Waals surface area (Å²) in [6.45, 7) is 5.80. The number of hydrogen-bond acceptors (Lipinski definition) is 3. The molecule has 1 saturated heterocycles. The van der Waals surface area contributed by atoms with Gasteiger partial charge < -0.3 is 20.5 Å². The second kappa shape index (κ2) is 8.35. The van der Waals surface area contributed by atoms with Crippen LogP contribution in [0.5, 0.6) is 0 Å². The molecule has 1 aromatic carbocycles. The van der Waals surface area contributed by atoms with Crippen LogP contribution >= 0.6 is 0 Å². The van der Waals surface area contributed by atoms with Crippen LogP contribution in [-0.2, 0) is 11.2 Å². The van der Waals surface area contributed by atoms with Gasteiger partial charge in [0, 0.05) is 35.7 Å². The van der Waals surface area contributed by atoms with Gasteiger partial charge in [-0.25, -0.2) is 0 Å². The molecule has 3 aliphatic rings. The van der Waals surface area contributed by atoms with Crippen molar-refractivity contribution in [2.75, 3.05) is 31.5 Å². The maximum Gasteiger partial charge on any atom is 0.256 e. The molecule has 31 heavy (non-hydrogen) atoms. The first-order valence-electron chi connectivity index (χ1n) is 11.5. The van der Waals surface area contributed by atoms with Gasteiger partial charge in [0.1, 0.15) is 0 Å². The van der Waals surface area contributed by atoms with E-state index in [0.717, 1.165) is 83.8 Å². The molecule has 1 aromatic heterocycles. The Labute approximate surface area is 183 Å². The minimum atomic E-state index is -0.0520. The molecular formula is C25H30N4O2. The maximum atomic E-state index is 13.1. The molecule has 3 heterocycles. The number of piperidine rings is 1. The van der Waals surface area contributed by atoms with Gasteiger partial charge in [0.05, 0.1) is 11.1 Å². The summed E-state index contributed by atoms with van der Waals surface area (Å²) in [7, 11) is 0. The van der Waals surface area contributed by atoms with E-state index in [2.05, 4.69) is 20.5 Å². The number of carbonyl (C=O) groups is 2. The van der Waals surface area contributed by atoms with Crippen molar-refractivity contribution in [3.8, 4) is 0 Å². The molecule has 0 saturated carbocycles. The zero-order valence-corrected chi connectivity index (χ0v) is 18.1. The molecule has 0 spiro atoms. The summed E-state index contributed by atoms with van der Waals surface area (Å²) in [5.74, 6) is -0.0571. The number of hydrogen-bond donors (Lipinski definition) is 3. The van der Waals surface area contributed by atoms with Gasteiger partial charge in [-0.2, -0.15) is 0 Å². The largest absolute Gasteiger partial charge is 0.358 e. The Morgan fingerprint density at radius 1 is 1.10 bits per heavy atom. The molecule has 2 aromatic rings. The molecule has 0 bridgehead atoms. The smallest absolute Gasteiger partial charge is 0.256 e. The van der Waals surface area contributed by atoms with Crippen LogP contribution in [0.15, 0.2) is 24.3 Å². The molecule has 6 heteroatoms. The van der Waals surface area contributed by atoms with E-state index in [1.807, 2.05) is 31.2 Å². The molecule has 0 unspecified atom stereocenters. The number of H-pyrrole nitrogens is 1. The van der Waals surface area contributed by atoms with Crippen molar-refractivity contribution in [3.63, 3.8) is 0 Å². The lowest BCUT2D eigenvalue weighted by Crippen LogP contribution is -2.38. The Hall–Kier alpha value is -2.86. The lowest BCUT2D eigenvalue weighted by Gasteiger charge is -2.26. The average molecular weight is 419 g/mol. The lowest BCUT2D eigenvalue weighted by molar-refractivity contribution is -0.110. The van der Waals surface area contributed by atoms with E-state index < -0.39 is 0 Å².